The van der Waals surface area contributed by atoms with Gasteiger partial charge in [-0.3, -0.25) is 4.79 Å². The van der Waals surface area contributed by atoms with Gasteiger partial charge in [0.15, 0.2) is 0 Å². The number of benzene rings is 1. The van der Waals surface area contributed by atoms with Crippen LogP contribution in [0.4, 0.5) is 17.6 Å². The van der Waals surface area contributed by atoms with E-state index in [4.69, 9.17) is 5.73 Å². The van der Waals surface area contributed by atoms with Crippen LogP contribution in [0.5, 0.6) is 0 Å². The first-order chi connectivity index (χ1) is 10.0. The summed E-state index contributed by atoms with van der Waals surface area (Å²) in [5.41, 5.74) is 3.62. The monoisotopic (exact) mass is 354 g/mol. The van der Waals surface area contributed by atoms with E-state index in [1.54, 1.807) is 0 Å². The molecule has 23 heavy (non-hydrogen) atoms. The predicted octanol–water partition coefficient (Wildman–Crippen LogP) is 3.47. The van der Waals surface area contributed by atoms with Gasteiger partial charge in [0.05, 0.1) is 11.1 Å². The summed E-state index contributed by atoms with van der Waals surface area (Å²) in [5, 5.41) is 0. The topological polar surface area (TPSA) is 46.3 Å². The van der Waals surface area contributed by atoms with Gasteiger partial charge in [0.25, 0.3) is 5.91 Å². The first-order valence-electron chi connectivity index (χ1n) is 6.94. The molecule has 1 aromatic rings. The Morgan fingerprint density at radius 1 is 1.35 bits per heavy atom. The molecule has 0 radical (unpaired) electrons. The molecule has 0 aliphatic carbocycles. The number of carbonyl (C=O) groups is 1. The Balaban J connectivity index is 0.00000264. The Morgan fingerprint density at radius 3 is 2.48 bits per heavy atom. The lowest BCUT2D eigenvalue weighted by Gasteiger charge is -2.42. The first kappa shape index (κ1) is 19.7. The van der Waals surface area contributed by atoms with Crippen LogP contribution in [-0.4, -0.2) is 29.9 Å². The van der Waals surface area contributed by atoms with Gasteiger partial charge in [0.1, 0.15) is 5.82 Å². The largest absolute Gasteiger partial charge is 0.419 e. The maximum atomic E-state index is 14.1. The SMILES string of the molecule is CC1(C)CN(C(=O)c2cccc(C(F)(F)F)c2F)CCC1N.Cl. The lowest BCUT2D eigenvalue weighted by atomic mass is 9.79. The summed E-state index contributed by atoms with van der Waals surface area (Å²) in [5.74, 6) is -2.25. The molecule has 2 N–H and O–H groups in total. The van der Waals surface area contributed by atoms with E-state index in [1.165, 1.54) is 4.90 Å². The van der Waals surface area contributed by atoms with Gasteiger partial charge in [0.2, 0.25) is 0 Å². The van der Waals surface area contributed by atoms with Crippen molar-refractivity contribution in [2.45, 2.75) is 32.5 Å². The van der Waals surface area contributed by atoms with E-state index >= 15 is 0 Å². The van der Waals surface area contributed by atoms with Crippen LogP contribution < -0.4 is 5.73 Å². The maximum Gasteiger partial charge on any atom is 0.419 e. The minimum atomic E-state index is -4.83. The summed E-state index contributed by atoms with van der Waals surface area (Å²) >= 11 is 0. The molecule has 1 aliphatic heterocycles. The van der Waals surface area contributed by atoms with Crippen molar-refractivity contribution in [1.82, 2.24) is 4.90 Å². The highest BCUT2D eigenvalue weighted by Crippen LogP contribution is 2.34. The minimum absolute atomic E-state index is 0. The van der Waals surface area contributed by atoms with Gasteiger partial charge in [-0.2, -0.15) is 13.2 Å². The normalized spacial score (nSPS) is 20.8. The lowest BCUT2D eigenvalue weighted by Crippen LogP contribution is -2.54. The van der Waals surface area contributed by atoms with Gasteiger partial charge in [-0.05, 0) is 24.0 Å². The zero-order valence-corrected chi connectivity index (χ0v) is 13.6. The smallest absolute Gasteiger partial charge is 0.338 e. The van der Waals surface area contributed by atoms with Crippen molar-refractivity contribution in [2.75, 3.05) is 13.1 Å². The van der Waals surface area contributed by atoms with Gasteiger partial charge in [0, 0.05) is 19.1 Å². The molecule has 1 aromatic carbocycles. The molecule has 0 aromatic heterocycles. The number of hydrogen-bond acceptors (Lipinski definition) is 2. The number of likely N-dealkylation sites (tertiary alicyclic amines) is 1. The molecular formula is C15H19ClF4N2O. The van der Waals surface area contributed by atoms with Crippen molar-refractivity contribution in [3.05, 3.63) is 35.1 Å². The summed E-state index contributed by atoms with van der Waals surface area (Å²) in [6.45, 7) is 4.33. The van der Waals surface area contributed by atoms with Crippen molar-refractivity contribution < 1.29 is 22.4 Å². The second-order valence-electron chi connectivity index (χ2n) is 6.28. The molecule has 1 saturated heterocycles. The predicted molar refractivity (Wildman–Crippen MR) is 80.9 cm³/mol. The lowest BCUT2D eigenvalue weighted by molar-refractivity contribution is -0.140. The molecule has 1 fully saturated rings. The summed E-state index contributed by atoms with van der Waals surface area (Å²) in [7, 11) is 0. The second-order valence-corrected chi connectivity index (χ2v) is 6.28. The molecule has 3 nitrogen and oxygen atoms in total. The molecule has 8 heteroatoms. The van der Waals surface area contributed by atoms with Crippen molar-refractivity contribution in [3.63, 3.8) is 0 Å². The number of amides is 1. The number of hydrogen-bond donors (Lipinski definition) is 1. The highest BCUT2D eigenvalue weighted by Gasteiger charge is 2.39. The number of carbonyl (C=O) groups excluding carboxylic acids is 1. The van der Waals surface area contributed by atoms with Crippen LogP contribution >= 0.6 is 12.4 Å². The molecule has 1 atom stereocenters. The van der Waals surface area contributed by atoms with Crippen LogP contribution in [0.3, 0.4) is 0 Å². The van der Waals surface area contributed by atoms with Crippen LogP contribution in [0.15, 0.2) is 18.2 Å². The van der Waals surface area contributed by atoms with E-state index in [2.05, 4.69) is 0 Å². The molecule has 130 valence electrons. The standard InChI is InChI=1S/C15H18F4N2O.ClH/c1-14(2)8-21(7-6-11(14)20)13(22)9-4-3-5-10(12(9)16)15(17,18)19;/h3-5,11H,6-8,20H2,1-2H3;1H. The summed E-state index contributed by atoms with van der Waals surface area (Å²) in [6, 6.07) is 2.64. The molecule has 0 saturated carbocycles. The van der Waals surface area contributed by atoms with Crippen molar-refractivity contribution >= 4 is 18.3 Å². The van der Waals surface area contributed by atoms with Gasteiger partial charge < -0.3 is 10.6 Å². The minimum Gasteiger partial charge on any atom is -0.338 e. The average Bonchev–Trinajstić information content (AvgIpc) is 2.40. The van der Waals surface area contributed by atoms with E-state index in [1.807, 2.05) is 13.8 Å². The number of rotatable bonds is 1. The van der Waals surface area contributed by atoms with Crippen molar-refractivity contribution in [2.24, 2.45) is 11.1 Å². The van der Waals surface area contributed by atoms with E-state index in [0.717, 1.165) is 12.1 Å². The Bertz CT molecular complexity index is 589. The highest BCUT2D eigenvalue weighted by atomic mass is 35.5. The maximum absolute atomic E-state index is 14.1. The highest BCUT2D eigenvalue weighted by molar-refractivity contribution is 5.94. The summed E-state index contributed by atoms with van der Waals surface area (Å²) in [4.78, 5) is 13.7. The second kappa shape index (κ2) is 6.65. The molecule has 1 heterocycles. The average molecular weight is 355 g/mol. The molecule has 0 spiro atoms. The molecule has 1 amide bonds. The Kier molecular flexibility index (Phi) is 5.70. The Labute approximate surface area is 138 Å². The van der Waals surface area contributed by atoms with Crippen LogP contribution in [0, 0.1) is 11.2 Å². The third-order valence-corrected chi connectivity index (χ3v) is 4.13. The number of nitrogens with two attached hydrogens (primary N) is 1. The zero-order chi connectivity index (χ0) is 16.7. The summed E-state index contributed by atoms with van der Waals surface area (Å²) < 4.78 is 52.2. The van der Waals surface area contributed by atoms with Crippen LogP contribution in [0.1, 0.15) is 36.2 Å². The number of piperidine rings is 1. The van der Waals surface area contributed by atoms with Crippen LogP contribution in [0.25, 0.3) is 0 Å². The number of alkyl halides is 3. The van der Waals surface area contributed by atoms with Crippen molar-refractivity contribution in [1.29, 1.82) is 0 Å². The zero-order valence-electron chi connectivity index (χ0n) is 12.8. The van der Waals surface area contributed by atoms with Crippen molar-refractivity contribution in [3.8, 4) is 0 Å². The van der Waals surface area contributed by atoms with Gasteiger partial charge in [-0.1, -0.05) is 19.9 Å². The third kappa shape index (κ3) is 3.95. The Morgan fingerprint density at radius 2 is 1.96 bits per heavy atom. The quantitative estimate of drug-likeness (QED) is 0.785. The fourth-order valence-corrected chi connectivity index (χ4v) is 2.63. The fourth-order valence-electron chi connectivity index (χ4n) is 2.63. The van der Waals surface area contributed by atoms with Gasteiger partial charge >= 0.3 is 6.18 Å². The molecule has 0 bridgehead atoms. The first-order valence-corrected chi connectivity index (χ1v) is 6.94. The molecular weight excluding hydrogens is 336 g/mol. The van der Waals surface area contributed by atoms with Crippen LogP contribution in [0.2, 0.25) is 0 Å². The third-order valence-electron chi connectivity index (χ3n) is 4.13. The van der Waals surface area contributed by atoms with Gasteiger partial charge in [-0.15, -0.1) is 12.4 Å². The van der Waals surface area contributed by atoms with E-state index in [9.17, 15) is 22.4 Å². The fraction of sp³-hybridized carbons (Fsp3) is 0.533. The summed E-state index contributed by atoms with van der Waals surface area (Å²) in [6.07, 6.45) is -4.30. The van der Waals surface area contributed by atoms with Gasteiger partial charge in [-0.25, -0.2) is 4.39 Å². The van der Waals surface area contributed by atoms with E-state index in [0.29, 0.717) is 19.0 Å². The van der Waals surface area contributed by atoms with E-state index in [-0.39, 0.29) is 30.4 Å². The Hall–Kier alpha value is -1.34. The number of halogens is 5. The molecule has 1 unspecified atom stereocenters. The molecule has 1 aliphatic rings. The van der Waals surface area contributed by atoms with E-state index < -0.39 is 29.0 Å². The number of nitrogens with zero attached hydrogens (tertiary/aromatic N) is 1. The van der Waals surface area contributed by atoms with Crippen LogP contribution in [-0.2, 0) is 6.18 Å². The molecule has 2 rings (SSSR count).